The van der Waals surface area contributed by atoms with Crippen LogP contribution in [0.25, 0.3) is 0 Å². The minimum absolute atomic E-state index is 0.755. The summed E-state index contributed by atoms with van der Waals surface area (Å²) in [7, 11) is 0. The van der Waals surface area contributed by atoms with E-state index in [1.165, 1.54) is 19.3 Å². The van der Waals surface area contributed by atoms with Crippen molar-refractivity contribution >= 4 is 0 Å². The highest BCUT2D eigenvalue weighted by molar-refractivity contribution is 4.79. The van der Waals surface area contributed by atoms with Gasteiger partial charge < -0.3 is 0 Å². The molecule has 0 aliphatic rings. The molecule has 0 heterocycles. The molecule has 0 rings (SSSR count). The summed E-state index contributed by atoms with van der Waals surface area (Å²) >= 11 is 0. The SMILES string of the molecule is C=CC(CCC)CC(C)C. The van der Waals surface area contributed by atoms with Gasteiger partial charge in [-0.1, -0.05) is 33.3 Å². The molecule has 0 spiro atoms. The van der Waals surface area contributed by atoms with Crippen molar-refractivity contribution in [3.8, 4) is 0 Å². The molecule has 0 aromatic heterocycles. The monoisotopic (exact) mass is 140 g/mol. The highest BCUT2D eigenvalue weighted by Gasteiger charge is 2.04. The van der Waals surface area contributed by atoms with Gasteiger partial charge in [0.25, 0.3) is 0 Å². The van der Waals surface area contributed by atoms with Gasteiger partial charge in [-0.25, -0.2) is 0 Å². The molecule has 0 saturated carbocycles. The first-order valence-corrected chi connectivity index (χ1v) is 4.33. The lowest BCUT2D eigenvalue weighted by molar-refractivity contribution is 0.449. The van der Waals surface area contributed by atoms with Crippen LogP contribution in [0, 0.1) is 11.8 Å². The molecule has 0 aromatic carbocycles. The first kappa shape index (κ1) is 9.74. The lowest BCUT2D eigenvalue weighted by Gasteiger charge is -2.12. The van der Waals surface area contributed by atoms with Crippen LogP contribution in [-0.4, -0.2) is 0 Å². The van der Waals surface area contributed by atoms with Crippen LogP contribution in [0.15, 0.2) is 12.7 Å². The molecule has 1 unspecified atom stereocenters. The molecule has 10 heavy (non-hydrogen) atoms. The summed E-state index contributed by atoms with van der Waals surface area (Å²) in [6.07, 6.45) is 5.99. The first-order valence-electron chi connectivity index (χ1n) is 4.33. The summed E-state index contributed by atoms with van der Waals surface area (Å²) in [6, 6.07) is 0. The average Bonchev–Trinajstić information content (AvgIpc) is 1.86. The third-order valence-corrected chi connectivity index (χ3v) is 1.77. The summed E-state index contributed by atoms with van der Waals surface area (Å²) in [5.74, 6) is 1.57. The largest absolute Gasteiger partial charge is 0.103 e. The third kappa shape index (κ3) is 4.60. The molecule has 1 atom stereocenters. The Bertz CT molecular complexity index is 82.0. The Hall–Kier alpha value is -0.260. The molecule has 0 saturated heterocycles. The van der Waals surface area contributed by atoms with Crippen molar-refractivity contribution < 1.29 is 0 Å². The lowest BCUT2D eigenvalue weighted by Crippen LogP contribution is -2.00. The zero-order valence-corrected chi connectivity index (χ0v) is 7.56. The van der Waals surface area contributed by atoms with Crippen LogP contribution in [0.3, 0.4) is 0 Å². The Labute approximate surface area is 65.3 Å². The fourth-order valence-corrected chi connectivity index (χ4v) is 1.31. The minimum Gasteiger partial charge on any atom is -0.103 e. The van der Waals surface area contributed by atoms with E-state index in [9.17, 15) is 0 Å². The summed E-state index contributed by atoms with van der Waals surface area (Å²) in [5.41, 5.74) is 0. The normalized spacial score (nSPS) is 13.6. The Morgan fingerprint density at radius 1 is 1.40 bits per heavy atom. The van der Waals surface area contributed by atoms with Gasteiger partial charge >= 0.3 is 0 Å². The van der Waals surface area contributed by atoms with Crippen LogP contribution >= 0.6 is 0 Å². The highest BCUT2D eigenvalue weighted by atomic mass is 14.1. The van der Waals surface area contributed by atoms with E-state index < -0.39 is 0 Å². The Morgan fingerprint density at radius 2 is 2.00 bits per heavy atom. The smallest absolute Gasteiger partial charge is 0.0234 e. The summed E-state index contributed by atoms with van der Waals surface area (Å²) in [4.78, 5) is 0. The van der Waals surface area contributed by atoms with Gasteiger partial charge in [0, 0.05) is 0 Å². The molecule has 0 N–H and O–H groups in total. The van der Waals surface area contributed by atoms with Crippen LogP contribution in [0.2, 0.25) is 0 Å². The van der Waals surface area contributed by atoms with Gasteiger partial charge in [-0.15, -0.1) is 6.58 Å². The van der Waals surface area contributed by atoms with Crippen molar-refractivity contribution in [2.24, 2.45) is 11.8 Å². The average molecular weight is 140 g/mol. The summed E-state index contributed by atoms with van der Waals surface area (Å²) in [6.45, 7) is 10.6. The second kappa shape index (κ2) is 5.52. The fraction of sp³-hybridized carbons (Fsp3) is 0.800. The maximum absolute atomic E-state index is 3.83. The molecule has 0 amide bonds. The van der Waals surface area contributed by atoms with Gasteiger partial charge in [0.05, 0.1) is 0 Å². The van der Waals surface area contributed by atoms with Gasteiger partial charge in [0.15, 0.2) is 0 Å². The van der Waals surface area contributed by atoms with Crippen LogP contribution in [0.1, 0.15) is 40.0 Å². The predicted molar refractivity (Wildman–Crippen MR) is 48.1 cm³/mol. The Balaban J connectivity index is 3.49. The molecular weight excluding hydrogens is 120 g/mol. The van der Waals surface area contributed by atoms with Crippen molar-refractivity contribution in [2.45, 2.75) is 40.0 Å². The van der Waals surface area contributed by atoms with Crippen LogP contribution in [0.4, 0.5) is 0 Å². The molecule has 0 aromatic rings. The molecule has 0 radical (unpaired) electrons. The molecule has 0 bridgehead atoms. The van der Waals surface area contributed by atoms with Crippen molar-refractivity contribution in [3.05, 3.63) is 12.7 Å². The van der Waals surface area contributed by atoms with Crippen LogP contribution in [0.5, 0.6) is 0 Å². The van der Waals surface area contributed by atoms with E-state index in [1.807, 2.05) is 0 Å². The fourth-order valence-electron chi connectivity index (χ4n) is 1.31. The van der Waals surface area contributed by atoms with Crippen molar-refractivity contribution in [2.75, 3.05) is 0 Å². The topological polar surface area (TPSA) is 0 Å². The van der Waals surface area contributed by atoms with Crippen molar-refractivity contribution in [3.63, 3.8) is 0 Å². The van der Waals surface area contributed by atoms with E-state index in [-0.39, 0.29) is 0 Å². The van der Waals surface area contributed by atoms with Crippen molar-refractivity contribution in [1.82, 2.24) is 0 Å². The number of allylic oxidation sites excluding steroid dienone is 1. The molecule has 60 valence electrons. The number of hydrogen-bond acceptors (Lipinski definition) is 0. The number of rotatable bonds is 5. The van der Waals surface area contributed by atoms with E-state index in [0.29, 0.717) is 0 Å². The van der Waals surface area contributed by atoms with E-state index >= 15 is 0 Å². The van der Waals surface area contributed by atoms with Gasteiger partial charge in [-0.05, 0) is 24.7 Å². The highest BCUT2D eigenvalue weighted by Crippen LogP contribution is 2.17. The molecule has 0 heteroatoms. The maximum Gasteiger partial charge on any atom is -0.0234 e. The minimum atomic E-state index is 0.755. The zero-order chi connectivity index (χ0) is 7.98. The lowest BCUT2D eigenvalue weighted by atomic mass is 9.93. The van der Waals surface area contributed by atoms with E-state index in [2.05, 4.69) is 33.4 Å². The second-order valence-electron chi connectivity index (χ2n) is 3.41. The van der Waals surface area contributed by atoms with Gasteiger partial charge in [-0.2, -0.15) is 0 Å². The van der Waals surface area contributed by atoms with Gasteiger partial charge in [0.1, 0.15) is 0 Å². The molecule has 0 nitrogen and oxygen atoms in total. The Kier molecular flexibility index (Phi) is 5.38. The van der Waals surface area contributed by atoms with Crippen LogP contribution < -0.4 is 0 Å². The van der Waals surface area contributed by atoms with Gasteiger partial charge in [0.2, 0.25) is 0 Å². The Morgan fingerprint density at radius 3 is 2.30 bits per heavy atom. The van der Waals surface area contributed by atoms with Crippen molar-refractivity contribution in [1.29, 1.82) is 0 Å². The summed E-state index contributed by atoms with van der Waals surface area (Å²) in [5, 5.41) is 0. The molecule has 0 aliphatic carbocycles. The number of hydrogen-bond donors (Lipinski definition) is 0. The van der Waals surface area contributed by atoms with E-state index in [0.717, 1.165) is 11.8 Å². The zero-order valence-electron chi connectivity index (χ0n) is 7.56. The van der Waals surface area contributed by atoms with Crippen LogP contribution in [-0.2, 0) is 0 Å². The molecule has 0 fully saturated rings. The maximum atomic E-state index is 3.83. The van der Waals surface area contributed by atoms with Gasteiger partial charge in [-0.3, -0.25) is 0 Å². The third-order valence-electron chi connectivity index (χ3n) is 1.77. The second-order valence-corrected chi connectivity index (χ2v) is 3.41. The quantitative estimate of drug-likeness (QED) is 0.511. The van der Waals surface area contributed by atoms with E-state index in [4.69, 9.17) is 0 Å². The van der Waals surface area contributed by atoms with E-state index in [1.54, 1.807) is 0 Å². The molecule has 0 aliphatic heterocycles. The summed E-state index contributed by atoms with van der Waals surface area (Å²) < 4.78 is 0. The molecular formula is C10H20. The standard InChI is InChI=1S/C10H20/c1-5-7-10(6-2)8-9(3)4/h6,9-10H,2,5,7-8H2,1,3-4H3. The predicted octanol–water partition coefficient (Wildman–Crippen LogP) is 3.63. The first-order chi connectivity index (χ1) is 4.70.